The number of nitrogens with one attached hydrogen (secondary N) is 1. The molecule has 0 bridgehead atoms. The van der Waals surface area contributed by atoms with Crippen molar-refractivity contribution in [1.29, 1.82) is 0 Å². The summed E-state index contributed by atoms with van der Waals surface area (Å²) in [5.74, 6) is 0.940. The topological polar surface area (TPSA) is 52.7 Å². The molecule has 0 spiro atoms. The summed E-state index contributed by atoms with van der Waals surface area (Å²) >= 11 is 0. The summed E-state index contributed by atoms with van der Waals surface area (Å²) in [6.07, 6.45) is 8.48. The Morgan fingerprint density at radius 2 is 1.74 bits per heavy atom. The lowest BCUT2D eigenvalue weighted by molar-refractivity contribution is -0.132. The number of carbonyl (C=O) groups excluding carboxylic acids is 2. The summed E-state index contributed by atoms with van der Waals surface area (Å²) in [7, 11) is 0. The summed E-state index contributed by atoms with van der Waals surface area (Å²) in [4.78, 5) is 28.7. The van der Waals surface area contributed by atoms with Crippen molar-refractivity contribution in [1.82, 2.24) is 15.1 Å². The Morgan fingerprint density at radius 3 is 2.35 bits per heavy atom. The second-order valence-electron chi connectivity index (χ2n) is 7.13. The molecule has 2 rings (SSSR count). The Balaban J connectivity index is 1.86. The van der Waals surface area contributed by atoms with Crippen molar-refractivity contribution >= 4 is 11.9 Å². The van der Waals surface area contributed by atoms with Crippen molar-refractivity contribution < 1.29 is 9.59 Å². The van der Waals surface area contributed by atoms with Gasteiger partial charge in [-0.25, -0.2) is 4.79 Å². The van der Waals surface area contributed by atoms with Crippen LogP contribution in [0.25, 0.3) is 0 Å². The first-order valence-corrected chi connectivity index (χ1v) is 9.44. The monoisotopic (exact) mass is 323 g/mol. The molecule has 3 amide bonds. The molecule has 0 aromatic rings. The van der Waals surface area contributed by atoms with Crippen molar-refractivity contribution in [3.63, 3.8) is 0 Å². The zero-order valence-corrected chi connectivity index (χ0v) is 14.9. The number of hydrogen-bond donors (Lipinski definition) is 1. The van der Waals surface area contributed by atoms with Gasteiger partial charge >= 0.3 is 6.03 Å². The molecule has 1 aliphatic heterocycles. The highest BCUT2D eigenvalue weighted by atomic mass is 16.2. The van der Waals surface area contributed by atoms with E-state index in [-0.39, 0.29) is 11.9 Å². The van der Waals surface area contributed by atoms with Gasteiger partial charge in [0.2, 0.25) is 5.91 Å². The van der Waals surface area contributed by atoms with Crippen LogP contribution in [0.1, 0.15) is 65.2 Å². The Labute approximate surface area is 140 Å². The quantitative estimate of drug-likeness (QED) is 0.845. The van der Waals surface area contributed by atoms with E-state index >= 15 is 0 Å². The van der Waals surface area contributed by atoms with Gasteiger partial charge < -0.3 is 15.1 Å². The number of likely N-dealkylation sites (tertiary alicyclic amines) is 1. The molecule has 0 radical (unpaired) electrons. The van der Waals surface area contributed by atoms with Gasteiger partial charge in [0.25, 0.3) is 0 Å². The molecule has 1 aliphatic carbocycles. The van der Waals surface area contributed by atoms with E-state index in [9.17, 15) is 9.59 Å². The maximum Gasteiger partial charge on any atom is 0.317 e. The van der Waals surface area contributed by atoms with Gasteiger partial charge in [-0.05, 0) is 38.5 Å². The van der Waals surface area contributed by atoms with E-state index in [0.717, 1.165) is 44.7 Å². The molecule has 1 N–H and O–H groups in total. The average molecular weight is 323 g/mol. The molecule has 1 saturated carbocycles. The first kappa shape index (κ1) is 18.1. The maximum atomic E-state index is 12.4. The average Bonchev–Trinajstić information content (AvgIpc) is 2.57. The number of hydrogen-bond acceptors (Lipinski definition) is 2. The smallest absolute Gasteiger partial charge is 0.317 e. The summed E-state index contributed by atoms with van der Waals surface area (Å²) in [5.41, 5.74) is 0. The normalized spacial score (nSPS) is 20.3. The summed E-state index contributed by atoms with van der Waals surface area (Å²) in [5, 5.41) is 2.91. The molecule has 132 valence electrons. The third-order valence-electron chi connectivity index (χ3n) is 5.31. The molecule has 0 atom stereocenters. The predicted octanol–water partition coefficient (Wildman–Crippen LogP) is 3.00. The number of rotatable bonds is 5. The highest BCUT2D eigenvalue weighted by molar-refractivity contribution is 5.78. The predicted molar refractivity (Wildman–Crippen MR) is 92.2 cm³/mol. The van der Waals surface area contributed by atoms with Crippen LogP contribution in [0, 0.1) is 5.92 Å². The first-order valence-electron chi connectivity index (χ1n) is 9.44. The zero-order chi connectivity index (χ0) is 16.7. The van der Waals surface area contributed by atoms with E-state index in [1.807, 2.05) is 16.7 Å². The van der Waals surface area contributed by atoms with Gasteiger partial charge in [0.1, 0.15) is 0 Å². The molecule has 23 heavy (non-hydrogen) atoms. The summed E-state index contributed by atoms with van der Waals surface area (Å²) < 4.78 is 0. The van der Waals surface area contributed by atoms with Crippen molar-refractivity contribution in [3.05, 3.63) is 0 Å². The fourth-order valence-electron chi connectivity index (χ4n) is 3.73. The van der Waals surface area contributed by atoms with Crippen molar-refractivity contribution in [2.45, 2.75) is 71.3 Å². The molecular formula is C18H33N3O2. The van der Waals surface area contributed by atoms with E-state index in [4.69, 9.17) is 0 Å². The minimum absolute atomic E-state index is 0.000494. The molecule has 2 fully saturated rings. The van der Waals surface area contributed by atoms with Gasteiger partial charge in [0, 0.05) is 38.6 Å². The Kier molecular flexibility index (Phi) is 7.18. The van der Waals surface area contributed by atoms with Gasteiger partial charge in [-0.15, -0.1) is 0 Å². The zero-order valence-electron chi connectivity index (χ0n) is 14.9. The summed E-state index contributed by atoms with van der Waals surface area (Å²) in [6, 6.07) is 0.309. The second kappa shape index (κ2) is 9.14. The van der Waals surface area contributed by atoms with Crippen LogP contribution < -0.4 is 5.32 Å². The standard InChI is InChI=1S/C18H33N3O2/c1-3-19-18(23)21(16-7-5-4-6-8-16)14-11-17(22)20-12-9-15(2)10-13-20/h15-16H,3-14H2,1-2H3,(H,19,23). The minimum atomic E-state index is -0.000494. The Morgan fingerprint density at radius 1 is 1.09 bits per heavy atom. The third kappa shape index (κ3) is 5.40. The van der Waals surface area contributed by atoms with Crippen LogP contribution in [0.15, 0.2) is 0 Å². The van der Waals surface area contributed by atoms with Crippen LogP contribution in [0.2, 0.25) is 0 Å². The van der Waals surface area contributed by atoms with Crippen molar-refractivity contribution in [3.8, 4) is 0 Å². The lowest BCUT2D eigenvalue weighted by Gasteiger charge is -2.35. The van der Waals surface area contributed by atoms with E-state index in [0.29, 0.717) is 25.6 Å². The minimum Gasteiger partial charge on any atom is -0.343 e. The number of piperidine rings is 1. The molecule has 1 heterocycles. The highest BCUT2D eigenvalue weighted by Crippen LogP contribution is 2.23. The van der Waals surface area contributed by atoms with E-state index < -0.39 is 0 Å². The van der Waals surface area contributed by atoms with E-state index in [2.05, 4.69) is 12.2 Å². The van der Waals surface area contributed by atoms with Gasteiger partial charge in [-0.1, -0.05) is 26.2 Å². The number of urea groups is 1. The van der Waals surface area contributed by atoms with E-state index in [1.165, 1.54) is 19.3 Å². The van der Waals surface area contributed by atoms with E-state index in [1.54, 1.807) is 0 Å². The van der Waals surface area contributed by atoms with Crippen molar-refractivity contribution in [2.24, 2.45) is 5.92 Å². The molecule has 0 aromatic carbocycles. The molecule has 1 saturated heterocycles. The third-order valence-corrected chi connectivity index (χ3v) is 5.31. The van der Waals surface area contributed by atoms with Crippen LogP contribution in [0.4, 0.5) is 4.79 Å². The molecule has 0 aromatic heterocycles. The fourth-order valence-corrected chi connectivity index (χ4v) is 3.73. The van der Waals surface area contributed by atoms with Crippen LogP contribution in [-0.2, 0) is 4.79 Å². The number of carbonyl (C=O) groups is 2. The Bertz CT molecular complexity index is 386. The first-order chi connectivity index (χ1) is 11.1. The molecule has 2 aliphatic rings. The molecule has 5 nitrogen and oxygen atoms in total. The van der Waals surface area contributed by atoms with Gasteiger partial charge in [-0.3, -0.25) is 4.79 Å². The lowest BCUT2D eigenvalue weighted by Crippen LogP contribution is -2.48. The lowest BCUT2D eigenvalue weighted by atomic mass is 9.94. The van der Waals surface area contributed by atoms with Gasteiger partial charge in [0.05, 0.1) is 0 Å². The largest absolute Gasteiger partial charge is 0.343 e. The Hall–Kier alpha value is -1.26. The fraction of sp³-hybridized carbons (Fsp3) is 0.889. The summed E-state index contributed by atoms with van der Waals surface area (Å²) in [6.45, 7) is 7.15. The van der Waals surface area contributed by atoms with Gasteiger partial charge in [0.15, 0.2) is 0 Å². The van der Waals surface area contributed by atoms with Crippen LogP contribution in [-0.4, -0.2) is 54.0 Å². The number of nitrogens with zero attached hydrogens (tertiary/aromatic N) is 2. The molecule has 0 unspecified atom stereocenters. The molecular weight excluding hydrogens is 290 g/mol. The maximum absolute atomic E-state index is 12.4. The number of amides is 3. The van der Waals surface area contributed by atoms with Crippen LogP contribution in [0.3, 0.4) is 0 Å². The van der Waals surface area contributed by atoms with Crippen LogP contribution in [0.5, 0.6) is 0 Å². The highest BCUT2D eigenvalue weighted by Gasteiger charge is 2.27. The van der Waals surface area contributed by atoms with Crippen molar-refractivity contribution in [2.75, 3.05) is 26.2 Å². The SMILES string of the molecule is CCNC(=O)N(CCC(=O)N1CCC(C)CC1)C1CCCCC1. The molecule has 5 heteroatoms. The van der Waals surface area contributed by atoms with Gasteiger partial charge in [-0.2, -0.15) is 0 Å². The van der Waals surface area contributed by atoms with Crippen LogP contribution >= 0.6 is 0 Å². The second-order valence-corrected chi connectivity index (χ2v) is 7.13.